The Hall–Kier alpha value is -0.510. The van der Waals surface area contributed by atoms with E-state index in [0.29, 0.717) is 0 Å². The minimum Gasteiger partial charge on any atom is -0.392 e. The molecule has 0 amide bonds. The molecule has 1 aliphatic rings. The summed E-state index contributed by atoms with van der Waals surface area (Å²) >= 11 is 1.83. The van der Waals surface area contributed by atoms with Crippen molar-refractivity contribution in [1.29, 1.82) is 0 Å². The van der Waals surface area contributed by atoms with Crippen molar-refractivity contribution in [1.82, 2.24) is 0 Å². The van der Waals surface area contributed by atoms with Crippen LogP contribution in [0, 0.1) is 0 Å². The fourth-order valence-electron chi connectivity index (χ4n) is 1.71. The Balaban J connectivity index is 2.50. The average molecular weight is 195 g/mol. The Bertz CT molecular complexity index is 300. The number of thioether (sulfide) groups is 1. The van der Waals surface area contributed by atoms with Crippen molar-refractivity contribution >= 4 is 11.8 Å². The van der Waals surface area contributed by atoms with Gasteiger partial charge in [-0.05, 0) is 29.4 Å². The summed E-state index contributed by atoms with van der Waals surface area (Å²) < 4.78 is 0. The van der Waals surface area contributed by atoms with Crippen LogP contribution in [0.4, 0.5) is 0 Å². The van der Waals surface area contributed by atoms with E-state index in [-0.39, 0.29) is 12.6 Å². The molecule has 0 unspecified atom stereocenters. The predicted molar refractivity (Wildman–Crippen MR) is 54.6 cm³/mol. The third-order valence-corrected chi connectivity index (χ3v) is 3.49. The van der Waals surface area contributed by atoms with Gasteiger partial charge in [0.1, 0.15) is 0 Å². The molecular weight excluding hydrogens is 182 g/mol. The summed E-state index contributed by atoms with van der Waals surface area (Å²) in [6.07, 6.45) is 1.01. The highest BCUT2D eigenvalue weighted by Crippen LogP contribution is 2.36. The lowest BCUT2D eigenvalue weighted by Crippen LogP contribution is -2.18. The molecule has 1 heterocycles. The van der Waals surface area contributed by atoms with E-state index in [1.54, 1.807) is 0 Å². The minimum atomic E-state index is 0.0947. The summed E-state index contributed by atoms with van der Waals surface area (Å²) in [5.74, 6) is 1.09. The van der Waals surface area contributed by atoms with Crippen molar-refractivity contribution < 1.29 is 5.11 Å². The van der Waals surface area contributed by atoms with Crippen LogP contribution in [0.1, 0.15) is 23.6 Å². The number of hydrogen-bond donors (Lipinski definition) is 2. The number of fused-ring (bicyclic) bond motifs is 1. The summed E-state index contributed by atoms with van der Waals surface area (Å²) in [4.78, 5) is 1.24. The van der Waals surface area contributed by atoms with Gasteiger partial charge in [-0.15, -0.1) is 11.8 Å². The standard InChI is InChI=1S/C10H13NOS/c11-8-4-5-13-9-3-1-2-7(6-12)10(8)9/h1-3,8,12H,4-6,11H2/t8-/m0/s1. The maximum atomic E-state index is 9.15. The summed E-state index contributed by atoms with van der Waals surface area (Å²) in [5, 5.41) is 9.15. The lowest BCUT2D eigenvalue weighted by atomic mass is 9.99. The third kappa shape index (κ3) is 1.59. The van der Waals surface area contributed by atoms with E-state index in [2.05, 4.69) is 6.07 Å². The SMILES string of the molecule is N[C@H]1CCSc2cccc(CO)c21. The van der Waals surface area contributed by atoms with Crippen LogP contribution in [-0.4, -0.2) is 10.9 Å². The molecule has 1 aliphatic heterocycles. The second-order valence-electron chi connectivity index (χ2n) is 3.23. The van der Waals surface area contributed by atoms with Gasteiger partial charge in [-0.3, -0.25) is 0 Å². The third-order valence-electron chi connectivity index (χ3n) is 2.38. The topological polar surface area (TPSA) is 46.2 Å². The average Bonchev–Trinajstić information content (AvgIpc) is 2.17. The molecule has 0 spiro atoms. The van der Waals surface area contributed by atoms with Crippen molar-refractivity contribution in [3.8, 4) is 0 Å². The first-order valence-electron chi connectivity index (χ1n) is 4.44. The number of hydrogen-bond acceptors (Lipinski definition) is 3. The number of rotatable bonds is 1. The van der Waals surface area contributed by atoms with Gasteiger partial charge in [-0.2, -0.15) is 0 Å². The Labute approximate surface area is 82.1 Å². The van der Waals surface area contributed by atoms with Gasteiger partial charge in [-0.1, -0.05) is 12.1 Å². The quantitative estimate of drug-likeness (QED) is 0.716. The van der Waals surface area contributed by atoms with Crippen molar-refractivity contribution in [3.05, 3.63) is 29.3 Å². The normalized spacial score (nSPS) is 21.2. The van der Waals surface area contributed by atoms with Crippen LogP contribution in [0.15, 0.2) is 23.1 Å². The monoisotopic (exact) mass is 195 g/mol. The first kappa shape index (κ1) is 9.06. The van der Waals surface area contributed by atoms with Crippen molar-refractivity contribution in [2.75, 3.05) is 5.75 Å². The molecule has 0 aromatic heterocycles. The van der Waals surface area contributed by atoms with Crippen LogP contribution < -0.4 is 5.73 Å². The van der Waals surface area contributed by atoms with Gasteiger partial charge in [0, 0.05) is 10.9 Å². The molecule has 0 aliphatic carbocycles. The van der Waals surface area contributed by atoms with E-state index >= 15 is 0 Å². The Morgan fingerprint density at radius 3 is 3.15 bits per heavy atom. The van der Waals surface area contributed by atoms with Crippen LogP contribution in [0.5, 0.6) is 0 Å². The van der Waals surface area contributed by atoms with Gasteiger partial charge in [0.15, 0.2) is 0 Å². The molecule has 3 heteroatoms. The van der Waals surface area contributed by atoms with Gasteiger partial charge < -0.3 is 10.8 Å². The van der Waals surface area contributed by atoms with Crippen molar-refractivity contribution in [2.45, 2.75) is 24.0 Å². The van der Waals surface area contributed by atoms with E-state index in [4.69, 9.17) is 10.8 Å². The molecular formula is C10H13NOS. The van der Waals surface area contributed by atoms with E-state index in [1.807, 2.05) is 23.9 Å². The smallest absolute Gasteiger partial charge is 0.0685 e. The largest absolute Gasteiger partial charge is 0.392 e. The molecule has 0 fully saturated rings. The van der Waals surface area contributed by atoms with Crippen LogP contribution in [0.3, 0.4) is 0 Å². The molecule has 1 aromatic carbocycles. The highest BCUT2D eigenvalue weighted by atomic mass is 32.2. The molecule has 2 rings (SSSR count). The molecule has 2 nitrogen and oxygen atoms in total. The van der Waals surface area contributed by atoms with Crippen LogP contribution in [-0.2, 0) is 6.61 Å². The highest BCUT2D eigenvalue weighted by Gasteiger charge is 2.19. The van der Waals surface area contributed by atoms with Gasteiger partial charge in [-0.25, -0.2) is 0 Å². The fraction of sp³-hybridized carbons (Fsp3) is 0.400. The van der Waals surface area contributed by atoms with Crippen LogP contribution in [0.2, 0.25) is 0 Å². The zero-order valence-electron chi connectivity index (χ0n) is 7.36. The molecule has 1 atom stereocenters. The molecule has 1 aromatic rings. The predicted octanol–water partition coefficient (Wildman–Crippen LogP) is 1.67. The molecule has 0 bridgehead atoms. The summed E-state index contributed by atoms with van der Waals surface area (Å²) in [6.45, 7) is 0.0947. The maximum absolute atomic E-state index is 9.15. The number of benzene rings is 1. The summed E-state index contributed by atoms with van der Waals surface area (Å²) in [7, 11) is 0. The Morgan fingerprint density at radius 1 is 1.54 bits per heavy atom. The summed E-state index contributed by atoms with van der Waals surface area (Å²) in [6, 6.07) is 6.12. The number of aliphatic hydroxyl groups is 1. The van der Waals surface area contributed by atoms with E-state index in [9.17, 15) is 0 Å². The highest BCUT2D eigenvalue weighted by molar-refractivity contribution is 7.99. The minimum absolute atomic E-state index is 0.0947. The van der Waals surface area contributed by atoms with Gasteiger partial charge in [0.25, 0.3) is 0 Å². The van der Waals surface area contributed by atoms with E-state index in [1.165, 1.54) is 4.90 Å². The Morgan fingerprint density at radius 2 is 2.38 bits per heavy atom. The first-order valence-corrected chi connectivity index (χ1v) is 5.42. The van der Waals surface area contributed by atoms with E-state index < -0.39 is 0 Å². The fourth-order valence-corrected chi connectivity index (χ4v) is 2.92. The first-order chi connectivity index (χ1) is 6.33. The number of nitrogens with two attached hydrogens (primary N) is 1. The molecule has 0 radical (unpaired) electrons. The van der Waals surface area contributed by atoms with Gasteiger partial charge in [0.05, 0.1) is 6.61 Å². The molecule has 3 N–H and O–H groups in total. The van der Waals surface area contributed by atoms with Crippen LogP contribution >= 0.6 is 11.8 Å². The molecule has 0 saturated carbocycles. The zero-order valence-corrected chi connectivity index (χ0v) is 8.18. The number of aliphatic hydroxyl groups excluding tert-OH is 1. The Kier molecular flexibility index (Phi) is 2.58. The zero-order chi connectivity index (χ0) is 9.26. The van der Waals surface area contributed by atoms with Crippen molar-refractivity contribution in [2.24, 2.45) is 5.73 Å². The van der Waals surface area contributed by atoms with Crippen LogP contribution in [0.25, 0.3) is 0 Å². The molecule has 0 saturated heterocycles. The van der Waals surface area contributed by atoms with Gasteiger partial charge >= 0.3 is 0 Å². The maximum Gasteiger partial charge on any atom is 0.0685 e. The molecule has 70 valence electrons. The second-order valence-corrected chi connectivity index (χ2v) is 4.37. The van der Waals surface area contributed by atoms with E-state index in [0.717, 1.165) is 23.3 Å². The lowest BCUT2D eigenvalue weighted by molar-refractivity contribution is 0.279. The molecule has 13 heavy (non-hydrogen) atoms. The lowest BCUT2D eigenvalue weighted by Gasteiger charge is -2.23. The second kappa shape index (κ2) is 3.70. The van der Waals surface area contributed by atoms with Crippen molar-refractivity contribution in [3.63, 3.8) is 0 Å². The van der Waals surface area contributed by atoms with Gasteiger partial charge in [0.2, 0.25) is 0 Å². The summed E-state index contributed by atoms with van der Waals surface area (Å²) in [5.41, 5.74) is 8.14.